The number of aromatic nitrogens is 2. The Morgan fingerprint density at radius 3 is 2.64 bits per heavy atom. The van der Waals surface area contributed by atoms with Crippen molar-refractivity contribution in [3.05, 3.63) is 35.6 Å². The van der Waals surface area contributed by atoms with Crippen LogP contribution in [0.15, 0.2) is 30.7 Å². The van der Waals surface area contributed by atoms with Crippen molar-refractivity contribution in [1.29, 1.82) is 0 Å². The highest BCUT2D eigenvalue weighted by Gasteiger charge is 2.07. The number of nitrogens with zero attached hydrogens (tertiary/aromatic N) is 2. The maximum Gasteiger partial charge on any atom is 0.123 e. The van der Waals surface area contributed by atoms with Gasteiger partial charge in [0.2, 0.25) is 0 Å². The van der Waals surface area contributed by atoms with Crippen LogP contribution in [0, 0.1) is 0 Å². The van der Waals surface area contributed by atoms with Gasteiger partial charge in [0, 0.05) is 24.2 Å². The number of hydrogen-bond donors (Lipinski definition) is 1. The van der Waals surface area contributed by atoms with Crippen LogP contribution < -0.4 is 0 Å². The summed E-state index contributed by atoms with van der Waals surface area (Å²) >= 11 is 1.51. The van der Waals surface area contributed by atoms with Crippen LogP contribution in [0.4, 0.5) is 0 Å². The number of rotatable bonds is 2. The smallest absolute Gasteiger partial charge is 0.123 e. The molecule has 1 unspecified atom stereocenters. The molecule has 2 heterocycles. The van der Waals surface area contributed by atoms with E-state index in [-0.39, 0.29) is 0 Å². The Bertz CT molecular complexity index is 411. The third-order valence-electron chi connectivity index (χ3n) is 1.86. The van der Waals surface area contributed by atoms with E-state index in [4.69, 9.17) is 0 Å². The molecule has 2 aromatic heterocycles. The normalized spacial score (nSPS) is 12.7. The summed E-state index contributed by atoms with van der Waals surface area (Å²) in [4.78, 5) is 9.06. The van der Waals surface area contributed by atoms with Crippen LogP contribution in [-0.4, -0.2) is 15.1 Å². The van der Waals surface area contributed by atoms with Crippen LogP contribution in [-0.2, 0) is 0 Å². The number of aliphatic hydroxyl groups excluding tert-OH is 1. The predicted octanol–water partition coefficient (Wildman–Crippen LogP) is 2.26. The molecule has 0 bridgehead atoms. The average molecular weight is 206 g/mol. The van der Waals surface area contributed by atoms with Gasteiger partial charge in [0.1, 0.15) is 5.01 Å². The van der Waals surface area contributed by atoms with Crippen molar-refractivity contribution in [1.82, 2.24) is 9.97 Å². The third kappa shape index (κ3) is 1.81. The molecule has 0 aliphatic rings. The molecular formula is C10H10N2OS. The van der Waals surface area contributed by atoms with Gasteiger partial charge in [0.05, 0.1) is 11.0 Å². The Labute approximate surface area is 86.1 Å². The molecule has 0 aliphatic heterocycles. The van der Waals surface area contributed by atoms with Crippen molar-refractivity contribution in [3.63, 3.8) is 0 Å². The minimum absolute atomic E-state index is 0.442. The van der Waals surface area contributed by atoms with Crippen molar-refractivity contribution in [3.8, 4) is 10.6 Å². The summed E-state index contributed by atoms with van der Waals surface area (Å²) in [6, 6.07) is 3.81. The lowest BCUT2D eigenvalue weighted by atomic mass is 10.3. The maximum atomic E-state index is 9.34. The molecule has 2 rings (SSSR count). The fourth-order valence-corrected chi connectivity index (χ4v) is 1.97. The molecular weight excluding hydrogens is 196 g/mol. The molecule has 0 radical (unpaired) electrons. The van der Waals surface area contributed by atoms with E-state index in [1.165, 1.54) is 11.3 Å². The van der Waals surface area contributed by atoms with Crippen molar-refractivity contribution in [2.24, 2.45) is 0 Å². The second-order valence-electron chi connectivity index (χ2n) is 2.98. The van der Waals surface area contributed by atoms with Gasteiger partial charge in [-0.2, -0.15) is 0 Å². The summed E-state index contributed by atoms with van der Waals surface area (Å²) in [6.07, 6.45) is 4.74. The first-order valence-corrected chi connectivity index (χ1v) is 5.13. The van der Waals surface area contributed by atoms with Crippen LogP contribution in [0.2, 0.25) is 0 Å². The van der Waals surface area contributed by atoms with E-state index in [9.17, 15) is 5.11 Å². The van der Waals surface area contributed by atoms with Crippen molar-refractivity contribution >= 4 is 11.3 Å². The second-order valence-corrected chi connectivity index (χ2v) is 4.04. The van der Waals surface area contributed by atoms with Crippen LogP contribution >= 0.6 is 11.3 Å². The van der Waals surface area contributed by atoms with Crippen LogP contribution in [0.5, 0.6) is 0 Å². The lowest BCUT2D eigenvalue weighted by molar-refractivity contribution is 0.203. The van der Waals surface area contributed by atoms with E-state index in [0.29, 0.717) is 0 Å². The highest BCUT2D eigenvalue weighted by Crippen LogP contribution is 2.27. The predicted molar refractivity (Wildman–Crippen MR) is 56.0 cm³/mol. The molecule has 14 heavy (non-hydrogen) atoms. The fourth-order valence-electron chi connectivity index (χ4n) is 1.11. The Kier molecular flexibility index (Phi) is 2.56. The van der Waals surface area contributed by atoms with Gasteiger partial charge in [-0.15, -0.1) is 11.3 Å². The molecule has 4 heteroatoms. The van der Waals surface area contributed by atoms with E-state index < -0.39 is 6.10 Å². The summed E-state index contributed by atoms with van der Waals surface area (Å²) in [5.74, 6) is 0. The summed E-state index contributed by atoms with van der Waals surface area (Å²) in [5, 5.41) is 10.3. The van der Waals surface area contributed by atoms with Gasteiger partial charge in [0.15, 0.2) is 0 Å². The maximum absolute atomic E-state index is 9.34. The molecule has 0 aromatic carbocycles. The zero-order valence-corrected chi connectivity index (χ0v) is 8.53. The van der Waals surface area contributed by atoms with E-state index >= 15 is 0 Å². The summed E-state index contributed by atoms with van der Waals surface area (Å²) in [7, 11) is 0. The standard InChI is InChI=1S/C10H10N2OS/c1-7(13)9-6-12-10(14-9)8-2-4-11-5-3-8/h2-7,13H,1H3. The van der Waals surface area contributed by atoms with E-state index in [0.717, 1.165) is 15.4 Å². The number of aliphatic hydroxyl groups is 1. The highest BCUT2D eigenvalue weighted by atomic mass is 32.1. The highest BCUT2D eigenvalue weighted by molar-refractivity contribution is 7.15. The molecule has 0 aliphatic carbocycles. The molecule has 72 valence electrons. The molecule has 0 amide bonds. The molecule has 2 aromatic rings. The van der Waals surface area contributed by atoms with Gasteiger partial charge < -0.3 is 5.11 Å². The first-order chi connectivity index (χ1) is 6.77. The Morgan fingerprint density at radius 1 is 1.36 bits per heavy atom. The van der Waals surface area contributed by atoms with Crippen molar-refractivity contribution in [2.75, 3.05) is 0 Å². The quantitative estimate of drug-likeness (QED) is 0.819. The topological polar surface area (TPSA) is 46.0 Å². The molecule has 3 nitrogen and oxygen atoms in total. The van der Waals surface area contributed by atoms with Gasteiger partial charge in [-0.25, -0.2) is 4.98 Å². The molecule has 1 N–H and O–H groups in total. The zero-order valence-electron chi connectivity index (χ0n) is 7.71. The fraction of sp³-hybridized carbons (Fsp3) is 0.200. The van der Waals surface area contributed by atoms with Gasteiger partial charge in [0.25, 0.3) is 0 Å². The van der Waals surface area contributed by atoms with E-state index in [1.807, 2.05) is 12.1 Å². The van der Waals surface area contributed by atoms with Crippen molar-refractivity contribution in [2.45, 2.75) is 13.0 Å². The molecule has 0 saturated carbocycles. The lowest BCUT2D eigenvalue weighted by Crippen LogP contribution is -1.83. The largest absolute Gasteiger partial charge is 0.388 e. The number of pyridine rings is 1. The monoisotopic (exact) mass is 206 g/mol. The summed E-state index contributed by atoms with van der Waals surface area (Å²) < 4.78 is 0. The number of thiazole rings is 1. The Hall–Kier alpha value is -1.26. The van der Waals surface area contributed by atoms with Crippen molar-refractivity contribution < 1.29 is 5.11 Å². The van der Waals surface area contributed by atoms with Gasteiger partial charge in [-0.1, -0.05) is 0 Å². The minimum Gasteiger partial charge on any atom is -0.388 e. The SMILES string of the molecule is CC(O)c1cnc(-c2ccncc2)s1. The first-order valence-electron chi connectivity index (χ1n) is 4.31. The third-order valence-corrected chi connectivity index (χ3v) is 3.08. The molecule has 0 saturated heterocycles. The minimum atomic E-state index is -0.442. The van der Waals surface area contributed by atoms with E-state index in [2.05, 4.69) is 9.97 Å². The van der Waals surface area contributed by atoms with Gasteiger partial charge in [-0.05, 0) is 19.1 Å². The molecule has 0 spiro atoms. The Balaban J connectivity index is 2.34. The van der Waals surface area contributed by atoms with E-state index in [1.54, 1.807) is 25.5 Å². The van der Waals surface area contributed by atoms with Crippen LogP contribution in [0.1, 0.15) is 17.9 Å². The summed E-state index contributed by atoms with van der Waals surface area (Å²) in [5.41, 5.74) is 1.04. The molecule has 1 atom stereocenters. The molecule has 0 fully saturated rings. The van der Waals surface area contributed by atoms with Gasteiger partial charge in [-0.3, -0.25) is 4.98 Å². The first kappa shape index (κ1) is 9.30. The zero-order chi connectivity index (χ0) is 9.97. The van der Waals surface area contributed by atoms with Crippen LogP contribution in [0.3, 0.4) is 0 Å². The number of hydrogen-bond acceptors (Lipinski definition) is 4. The summed E-state index contributed by atoms with van der Waals surface area (Å²) in [6.45, 7) is 1.74. The van der Waals surface area contributed by atoms with Crippen LogP contribution in [0.25, 0.3) is 10.6 Å². The lowest BCUT2D eigenvalue weighted by Gasteiger charge is -1.96. The Morgan fingerprint density at radius 2 is 2.07 bits per heavy atom. The van der Waals surface area contributed by atoms with Gasteiger partial charge >= 0.3 is 0 Å². The average Bonchev–Trinajstić information content (AvgIpc) is 2.68. The second kappa shape index (κ2) is 3.86.